The molecule has 0 atom stereocenters. The Morgan fingerprint density at radius 1 is 1.18 bits per heavy atom. The second kappa shape index (κ2) is 8.61. The number of ether oxygens (including phenoxy) is 2. The lowest BCUT2D eigenvalue weighted by Gasteiger charge is -2.09. The van der Waals surface area contributed by atoms with Crippen LogP contribution in [0.15, 0.2) is 12.2 Å². The Labute approximate surface area is 102 Å². The molecule has 0 saturated heterocycles. The van der Waals surface area contributed by atoms with Crippen LogP contribution < -0.4 is 5.32 Å². The van der Waals surface area contributed by atoms with E-state index in [0.717, 1.165) is 0 Å². The third kappa shape index (κ3) is 9.41. The molecule has 0 bridgehead atoms. The van der Waals surface area contributed by atoms with Gasteiger partial charge in [0.1, 0.15) is 0 Å². The van der Waals surface area contributed by atoms with Gasteiger partial charge < -0.3 is 14.8 Å². The minimum Gasteiger partial charge on any atom is -0.462 e. The van der Waals surface area contributed by atoms with Crippen molar-refractivity contribution in [3.05, 3.63) is 12.2 Å². The van der Waals surface area contributed by atoms with Crippen molar-refractivity contribution in [3.63, 3.8) is 0 Å². The van der Waals surface area contributed by atoms with E-state index in [-0.39, 0.29) is 12.0 Å². The molecule has 0 aromatic heterocycles. The fraction of sp³-hybridized carbons (Fsp3) is 0.667. The van der Waals surface area contributed by atoms with Gasteiger partial charge in [0.15, 0.2) is 0 Å². The Morgan fingerprint density at radius 3 is 2.18 bits per heavy atom. The Bertz CT molecular complexity index is 274. The Hall–Kier alpha value is -1.52. The highest BCUT2D eigenvalue weighted by molar-refractivity contribution is 5.86. The molecule has 0 fully saturated rings. The molecule has 0 aliphatic carbocycles. The van der Waals surface area contributed by atoms with Crippen LogP contribution >= 0.6 is 0 Å². The summed E-state index contributed by atoms with van der Waals surface area (Å²) in [6.45, 7) is 9.43. The summed E-state index contributed by atoms with van der Waals surface area (Å²) in [5.74, 6) is -0.386. The van der Waals surface area contributed by atoms with Crippen LogP contribution in [0.25, 0.3) is 0 Å². The number of hydrogen-bond acceptors (Lipinski definition) is 4. The molecule has 0 unspecified atom stereocenters. The first-order valence-electron chi connectivity index (χ1n) is 5.69. The molecule has 17 heavy (non-hydrogen) atoms. The Morgan fingerprint density at radius 2 is 1.71 bits per heavy atom. The number of carbonyl (C=O) groups is 2. The zero-order valence-corrected chi connectivity index (χ0v) is 10.7. The second-order valence-corrected chi connectivity index (χ2v) is 4.06. The van der Waals surface area contributed by atoms with Gasteiger partial charge in [0.2, 0.25) is 0 Å². The van der Waals surface area contributed by atoms with E-state index in [2.05, 4.69) is 11.9 Å². The van der Waals surface area contributed by atoms with Crippen molar-refractivity contribution in [3.8, 4) is 0 Å². The summed E-state index contributed by atoms with van der Waals surface area (Å²) >= 11 is 0. The van der Waals surface area contributed by atoms with E-state index >= 15 is 0 Å². The van der Waals surface area contributed by atoms with Crippen LogP contribution in [-0.4, -0.2) is 31.3 Å². The van der Waals surface area contributed by atoms with E-state index in [9.17, 15) is 9.59 Å². The van der Waals surface area contributed by atoms with Crippen molar-refractivity contribution in [2.45, 2.75) is 39.7 Å². The van der Waals surface area contributed by atoms with E-state index in [1.807, 2.05) is 13.8 Å². The fourth-order valence-electron chi connectivity index (χ4n) is 0.934. The molecule has 0 rings (SSSR count). The van der Waals surface area contributed by atoms with Gasteiger partial charge in [-0.1, -0.05) is 6.58 Å². The second-order valence-electron chi connectivity index (χ2n) is 4.06. The van der Waals surface area contributed by atoms with Gasteiger partial charge >= 0.3 is 12.1 Å². The van der Waals surface area contributed by atoms with Gasteiger partial charge in [-0.25, -0.2) is 9.59 Å². The number of carbonyl (C=O) groups excluding carboxylic acids is 2. The summed E-state index contributed by atoms with van der Waals surface area (Å²) in [7, 11) is 0. The highest BCUT2D eigenvalue weighted by Crippen LogP contribution is 1.96. The van der Waals surface area contributed by atoms with Gasteiger partial charge in [-0.2, -0.15) is 0 Å². The average Bonchev–Trinajstić information content (AvgIpc) is 2.21. The summed E-state index contributed by atoms with van der Waals surface area (Å²) in [4.78, 5) is 22.0. The fourth-order valence-corrected chi connectivity index (χ4v) is 0.934. The number of hydrogen-bond donors (Lipinski definition) is 1. The van der Waals surface area contributed by atoms with Crippen molar-refractivity contribution < 1.29 is 19.1 Å². The van der Waals surface area contributed by atoms with Crippen molar-refractivity contribution >= 4 is 12.1 Å². The average molecular weight is 243 g/mol. The minimum atomic E-state index is -0.418. The molecule has 0 aromatic carbocycles. The Balaban J connectivity index is 3.38. The molecule has 0 aliphatic rings. The van der Waals surface area contributed by atoms with E-state index < -0.39 is 6.09 Å². The molecule has 1 N–H and O–H groups in total. The standard InChI is InChI=1S/C12H21NO4/c1-9(2)11(14)16-7-5-6-8-17-12(15)13-10(3)4/h10H,1,5-8H2,2-4H3,(H,13,15). The lowest BCUT2D eigenvalue weighted by molar-refractivity contribution is -0.139. The number of nitrogens with one attached hydrogen (secondary N) is 1. The number of alkyl carbamates (subject to hydrolysis) is 1. The first-order chi connectivity index (χ1) is 7.93. The number of rotatable bonds is 7. The maximum Gasteiger partial charge on any atom is 0.407 e. The molecule has 0 aromatic rings. The van der Waals surface area contributed by atoms with Crippen LogP contribution in [-0.2, 0) is 14.3 Å². The molecule has 5 heteroatoms. The SMILES string of the molecule is C=C(C)C(=O)OCCCCOC(=O)NC(C)C. The summed E-state index contributed by atoms with van der Waals surface area (Å²) in [6, 6.07) is 0.0685. The zero-order chi connectivity index (χ0) is 13.3. The summed E-state index contributed by atoms with van der Waals surface area (Å²) < 4.78 is 9.78. The first kappa shape index (κ1) is 15.5. The van der Waals surface area contributed by atoms with E-state index in [4.69, 9.17) is 9.47 Å². The molecule has 0 spiro atoms. The molecule has 5 nitrogen and oxygen atoms in total. The lowest BCUT2D eigenvalue weighted by atomic mass is 10.3. The highest BCUT2D eigenvalue weighted by Gasteiger charge is 2.04. The van der Waals surface area contributed by atoms with Crippen LogP contribution in [0.4, 0.5) is 4.79 Å². The van der Waals surface area contributed by atoms with Gasteiger partial charge in [-0.05, 0) is 33.6 Å². The molecular weight excluding hydrogens is 222 g/mol. The number of amides is 1. The molecule has 0 radical (unpaired) electrons. The molecule has 98 valence electrons. The van der Waals surface area contributed by atoms with Crippen LogP contribution in [0.3, 0.4) is 0 Å². The molecule has 0 saturated carbocycles. The van der Waals surface area contributed by atoms with E-state index in [0.29, 0.717) is 31.6 Å². The third-order valence-electron chi connectivity index (χ3n) is 1.76. The van der Waals surface area contributed by atoms with Crippen molar-refractivity contribution in [2.75, 3.05) is 13.2 Å². The molecule has 1 amide bonds. The topological polar surface area (TPSA) is 64.6 Å². The summed E-state index contributed by atoms with van der Waals surface area (Å²) in [5, 5.41) is 2.61. The van der Waals surface area contributed by atoms with Crippen LogP contribution in [0.5, 0.6) is 0 Å². The first-order valence-corrected chi connectivity index (χ1v) is 5.69. The summed E-state index contributed by atoms with van der Waals surface area (Å²) in [5.41, 5.74) is 0.387. The molecular formula is C12H21NO4. The third-order valence-corrected chi connectivity index (χ3v) is 1.76. The van der Waals surface area contributed by atoms with Gasteiger partial charge in [0.25, 0.3) is 0 Å². The van der Waals surface area contributed by atoms with E-state index in [1.165, 1.54) is 0 Å². The van der Waals surface area contributed by atoms with Crippen molar-refractivity contribution in [1.29, 1.82) is 0 Å². The van der Waals surface area contributed by atoms with Gasteiger partial charge in [0.05, 0.1) is 13.2 Å². The smallest absolute Gasteiger partial charge is 0.407 e. The maximum absolute atomic E-state index is 11.1. The van der Waals surface area contributed by atoms with Crippen molar-refractivity contribution in [1.82, 2.24) is 5.32 Å². The van der Waals surface area contributed by atoms with Crippen LogP contribution in [0, 0.1) is 0 Å². The van der Waals surface area contributed by atoms with Gasteiger partial charge in [-0.3, -0.25) is 0 Å². The van der Waals surface area contributed by atoms with Crippen LogP contribution in [0.1, 0.15) is 33.6 Å². The largest absolute Gasteiger partial charge is 0.462 e. The highest BCUT2D eigenvalue weighted by atomic mass is 16.5. The quantitative estimate of drug-likeness (QED) is 0.422. The number of esters is 1. The predicted molar refractivity (Wildman–Crippen MR) is 64.6 cm³/mol. The van der Waals surface area contributed by atoms with Crippen molar-refractivity contribution in [2.24, 2.45) is 0 Å². The monoisotopic (exact) mass is 243 g/mol. The van der Waals surface area contributed by atoms with Crippen LogP contribution in [0.2, 0.25) is 0 Å². The maximum atomic E-state index is 11.1. The minimum absolute atomic E-state index is 0.0685. The Kier molecular flexibility index (Phi) is 7.84. The molecule has 0 heterocycles. The van der Waals surface area contributed by atoms with Gasteiger partial charge in [0, 0.05) is 11.6 Å². The normalized spacial score (nSPS) is 9.88. The predicted octanol–water partition coefficient (Wildman–Crippen LogP) is 2.02. The summed E-state index contributed by atoms with van der Waals surface area (Å²) in [6.07, 6.45) is 0.905. The zero-order valence-electron chi connectivity index (χ0n) is 10.7. The van der Waals surface area contributed by atoms with Gasteiger partial charge in [-0.15, -0.1) is 0 Å². The number of unbranched alkanes of at least 4 members (excludes halogenated alkanes) is 1. The molecule has 0 aliphatic heterocycles. The lowest BCUT2D eigenvalue weighted by Crippen LogP contribution is -2.30. The van der Waals surface area contributed by atoms with E-state index in [1.54, 1.807) is 6.92 Å².